The SMILES string of the molecule is CCCCOCCCNS(=O)(=O)/C=C/c1ccc(C)cc1. The van der Waals surface area contributed by atoms with E-state index in [1.807, 2.05) is 31.2 Å². The van der Waals surface area contributed by atoms with Crippen molar-refractivity contribution in [3.05, 3.63) is 40.8 Å². The van der Waals surface area contributed by atoms with Crippen molar-refractivity contribution in [3.8, 4) is 0 Å². The number of benzene rings is 1. The lowest BCUT2D eigenvalue weighted by molar-refractivity contribution is 0.130. The van der Waals surface area contributed by atoms with Crippen LogP contribution in [-0.2, 0) is 14.8 Å². The van der Waals surface area contributed by atoms with E-state index in [1.165, 1.54) is 5.41 Å². The van der Waals surface area contributed by atoms with E-state index in [0.29, 0.717) is 19.6 Å². The van der Waals surface area contributed by atoms with Crippen LogP contribution in [0.1, 0.15) is 37.3 Å². The smallest absolute Gasteiger partial charge is 0.233 e. The molecule has 0 fully saturated rings. The van der Waals surface area contributed by atoms with Crippen molar-refractivity contribution in [3.63, 3.8) is 0 Å². The maximum absolute atomic E-state index is 11.8. The van der Waals surface area contributed by atoms with Gasteiger partial charge in [0.2, 0.25) is 10.0 Å². The largest absolute Gasteiger partial charge is 0.381 e. The molecule has 0 saturated carbocycles. The maximum atomic E-state index is 11.8. The van der Waals surface area contributed by atoms with Gasteiger partial charge in [-0.05, 0) is 31.4 Å². The number of hydrogen-bond acceptors (Lipinski definition) is 3. The fourth-order valence-electron chi connectivity index (χ4n) is 1.63. The molecule has 21 heavy (non-hydrogen) atoms. The highest BCUT2D eigenvalue weighted by Gasteiger charge is 2.03. The topological polar surface area (TPSA) is 55.4 Å². The van der Waals surface area contributed by atoms with Gasteiger partial charge in [-0.15, -0.1) is 0 Å². The zero-order valence-electron chi connectivity index (χ0n) is 12.8. The molecule has 0 atom stereocenters. The Labute approximate surface area is 128 Å². The standard InChI is InChI=1S/C16H25NO3S/c1-3-4-12-20-13-5-11-17-21(18,19)14-10-16-8-6-15(2)7-9-16/h6-10,14,17H,3-5,11-13H2,1-2H3/b14-10+. The molecule has 0 aliphatic heterocycles. The molecule has 0 amide bonds. The first-order valence-corrected chi connectivity index (χ1v) is 8.90. The number of hydrogen-bond donors (Lipinski definition) is 1. The quantitative estimate of drug-likeness (QED) is 0.676. The molecule has 118 valence electrons. The Morgan fingerprint density at radius 1 is 1.14 bits per heavy atom. The van der Waals surface area contributed by atoms with Crippen LogP contribution in [0.25, 0.3) is 6.08 Å². The predicted molar refractivity (Wildman–Crippen MR) is 87.5 cm³/mol. The minimum Gasteiger partial charge on any atom is -0.381 e. The Hall–Kier alpha value is -1.17. The Balaban J connectivity index is 2.28. The third kappa shape index (κ3) is 8.65. The van der Waals surface area contributed by atoms with Crippen LogP contribution in [0, 0.1) is 6.92 Å². The van der Waals surface area contributed by atoms with Crippen molar-refractivity contribution >= 4 is 16.1 Å². The first-order chi connectivity index (χ1) is 10.0. The third-order valence-electron chi connectivity index (χ3n) is 2.93. The number of sulfonamides is 1. The molecule has 0 spiro atoms. The number of aryl methyl sites for hydroxylation is 1. The average Bonchev–Trinajstić information content (AvgIpc) is 2.46. The molecule has 0 aliphatic carbocycles. The predicted octanol–water partition coefficient (Wildman–Crippen LogP) is 3.09. The molecule has 0 aliphatic rings. The lowest BCUT2D eigenvalue weighted by atomic mass is 10.2. The van der Waals surface area contributed by atoms with E-state index in [-0.39, 0.29) is 0 Å². The molecule has 0 bridgehead atoms. The molecule has 4 nitrogen and oxygen atoms in total. The van der Waals surface area contributed by atoms with Crippen LogP contribution >= 0.6 is 0 Å². The van der Waals surface area contributed by atoms with E-state index in [0.717, 1.165) is 30.6 Å². The van der Waals surface area contributed by atoms with Gasteiger partial charge in [-0.1, -0.05) is 43.2 Å². The van der Waals surface area contributed by atoms with Crippen molar-refractivity contribution < 1.29 is 13.2 Å². The van der Waals surface area contributed by atoms with Gasteiger partial charge in [-0.25, -0.2) is 13.1 Å². The highest BCUT2D eigenvalue weighted by atomic mass is 32.2. The Bertz CT molecular complexity index is 521. The maximum Gasteiger partial charge on any atom is 0.233 e. The summed E-state index contributed by atoms with van der Waals surface area (Å²) in [5, 5.41) is 1.20. The molecule has 1 aromatic rings. The van der Waals surface area contributed by atoms with Crippen LogP contribution < -0.4 is 4.72 Å². The van der Waals surface area contributed by atoms with Crippen molar-refractivity contribution in [1.29, 1.82) is 0 Å². The van der Waals surface area contributed by atoms with Gasteiger partial charge < -0.3 is 4.74 Å². The number of unbranched alkanes of at least 4 members (excludes halogenated alkanes) is 1. The number of nitrogens with one attached hydrogen (secondary N) is 1. The van der Waals surface area contributed by atoms with E-state index in [9.17, 15) is 8.42 Å². The van der Waals surface area contributed by atoms with Gasteiger partial charge in [0.1, 0.15) is 0 Å². The summed E-state index contributed by atoms with van der Waals surface area (Å²) in [7, 11) is -3.37. The Morgan fingerprint density at radius 2 is 1.81 bits per heavy atom. The zero-order chi connectivity index (χ0) is 15.6. The molecule has 0 aromatic heterocycles. The highest BCUT2D eigenvalue weighted by Crippen LogP contribution is 2.06. The first-order valence-electron chi connectivity index (χ1n) is 7.35. The summed E-state index contributed by atoms with van der Waals surface area (Å²) >= 11 is 0. The summed E-state index contributed by atoms with van der Waals surface area (Å²) in [6.45, 7) is 5.83. The highest BCUT2D eigenvalue weighted by molar-refractivity contribution is 7.92. The average molecular weight is 311 g/mol. The molecule has 1 N–H and O–H groups in total. The second kappa shape index (κ2) is 9.71. The van der Waals surface area contributed by atoms with Crippen molar-refractivity contribution in [2.24, 2.45) is 0 Å². The second-order valence-corrected chi connectivity index (χ2v) is 6.62. The van der Waals surface area contributed by atoms with Crippen LogP contribution in [-0.4, -0.2) is 28.2 Å². The van der Waals surface area contributed by atoms with Gasteiger partial charge in [-0.2, -0.15) is 0 Å². The molecule has 5 heteroatoms. The van der Waals surface area contributed by atoms with E-state index >= 15 is 0 Å². The number of ether oxygens (including phenoxy) is 1. The zero-order valence-corrected chi connectivity index (χ0v) is 13.7. The number of rotatable bonds is 10. The third-order valence-corrected chi connectivity index (χ3v) is 4.03. The molecular formula is C16H25NO3S. The van der Waals surface area contributed by atoms with Crippen molar-refractivity contribution in [2.45, 2.75) is 33.1 Å². The van der Waals surface area contributed by atoms with Gasteiger partial charge in [0, 0.05) is 25.2 Å². The second-order valence-electron chi connectivity index (χ2n) is 4.97. The van der Waals surface area contributed by atoms with Gasteiger partial charge >= 0.3 is 0 Å². The van der Waals surface area contributed by atoms with Crippen LogP contribution in [0.4, 0.5) is 0 Å². The van der Waals surface area contributed by atoms with Crippen LogP contribution in [0.15, 0.2) is 29.7 Å². The van der Waals surface area contributed by atoms with Gasteiger partial charge in [0.25, 0.3) is 0 Å². The van der Waals surface area contributed by atoms with Crippen LogP contribution in [0.5, 0.6) is 0 Å². The Kier molecular flexibility index (Phi) is 8.27. The molecule has 0 radical (unpaired) electrons. The summed E-state index contributed by atoms with van der Waals surface area (Å²) < 4.78 is 31.4. The van der Waals surface area contributed by atoms with Crippen molar-refractivity contribution in [2.75, 3.05) is 19.8 Å². The summed E-state index contributed by atoms with van der Waals surface area (Å²) in [6.07, 6.45) is 4.43. The van der Waals surface area contributed by atoms with E-state index in [1.54, 1.807) is 6.08 Å². The van der Waals surface area contributed by atoms with Gasteiger partial charge in [-0.3, -0.25) is 0 Å². The fourth-order valence-corrected chi connectivity index (χ4v) is 2.49. The minimum atomic E-state index is -3.37. The summed E-state index contributed by atoms with van der Waals surface area (Å²) in [5.74, 6) is 0. The van der Waals surface area contributed by atoms with Crippen molar-refractivity contribution in [1.82, 2.24) is 4.72 Å². The van der Waals surface area contributed by atoms with Crippen LogP contribution in [0.3, 0.4) is 0 Å². The summed E-state index contributed by atoms with van der Waals surface area (Å²) in [6, 6.07) is 7.69. The van der Waals surface area contributed by atoms with Gasteiger partial charge in [0.05, 0.1) is 0 Å². The molecule has 0 heterocycles. The molecular weight excluding hydrogens is 286 g/mol. The van der Waals surface area contributed by atoms with E-state index in [4.69, 9.17) is 4.74 Å². The molecule has 0 saturated heterocycles. The Morgan fingerprint density at radius 3 is 2.48 bits per heavy atom. The summed E-state index contributed by atoms with van der Waals surface area (Å²) in [5.41, 5.74) is 2.02. The molecule has 1 aromatic carbocycles. The molecule has 1 rings (SSSR count). The van der Waals surface area contributed by atoms with E-state index < -0.39 is 10.0 Å². The lowest BCUT2D eigenvalue weighted by Crippen LogP contribution is -2.23. The first kappa shape index (κ1) is 17.9. The lowest BCUT2D eigenvalue weighted by Gasteiger charge is -2.04. The fraction of sp³-hybridized carbons (Fsp3) is 0.500. The normalized spacial score (nSPS) is 12.1. The summed E-state index contributed by atoms with van der Waals surface area (Å²) in [4.78, 5) is 0. The molecule has 0 unspecified atom stereocenters. The van der Waals surface area contributed by atoms with Crippen LogP contribution in [0.2, 0.25) is 0 Å². The van der Waals surface area contributed by atoms with E-state index in [2.05, 4.69) is 11.6 Å². The monoisotopic (exact) mass is 311 g/mol. The van der Waals surface area contributed by atoms with Gasteiger partial charge in [0.15, 0.2) is 0 Å². The minimum absolute atomic E-state index is 0.396.